The zero-order valence-electron chi connectivity index (χ0n) is 12.6. The molecule has 0 saturated heterocycles. The van der Waals surface area contributed by atoms with Gasteiger partial charge in [0.15, 0.2) is 0 Å². The molecule has 0 aliphatic heterocycles. The van der Waals surface area contributed by atoms with E-state index in [1.807, 2.05) is 0 Å². The quantitative estimate of drug-likeness (QED) is 0.665. The highest BCUT2D eigenvalue weighted by molar-refractivity contribution is 9.09. The van der Waals surface area contributed by atoms with Gasteiger partial charge in [0, 0.05) is 28.5 Å². The molecule has 0 radical (unpaired) electrons. The molecule has 20 heavy (non-hydrogen) atoms. The monoisotopic (exact) mass is 351 g/mol. The Morgan fingerprint density at radius 1 is 1.25 bits per heavy atom. The van der Waals surface area contributed by atoms with Crippen LogP contribution in [0.15, 0.2) is 29.6 Å². The molecule has 0 bridgehead atoms. The Kier molecular flexibility index (Phi) is 5.03. The van der Waals surface area contributed by atoms with Gasteiger partial charge in [0.25, 0.3) is 0 Å². The summed E-state index contributed by atoms with van der Waals surface area (Å²) in [5, 5.41) is 4.42. The van der Waals surface area contributed by atoms with Crippen LogP contribution in [-0.4, -0.2) is 10.3 Å². The molecule has 2 rings (SSSR count). The van der Waals surface area contributed by atoms with Gasteiger partial charge >= 0.3 is 0 Å². The van der Waals surface area contributed by atoms with Crippen molar-refractivity contribution in [3.8, 4) is 0 Å². The fourth-order valence-corrected chi connectivity index (χ4v) is 3.93. The lowest BCUT2D eigenvalue weighted by molar-refractivity contribution is 0.569. The van der Waals surface area contributed by atoms with Gasteiger partial charge in [0.05, 0.1) is 10.7 Å². The number of alkyl halides is 1. The Bertz CT molecular complexity index is 568. The molecule has 1 aromatic carbocycles. The standard InChI is InChI=1S/C17H22BrNS/c1-12-7-5-6-8-14(12)13(10-18)9-16-19-15(11-20-16)17(2,3)4/h5-8,11,13H,9-10H2,1-4H3. The molecule has 1 nitrogen and oxygen atoms in total. The number of thiazole rings is 1. The SMILES string of the molecule is Cc1ccccc1C(CBr)Cc1nc(C(C)(C)C)cs1. The minimum Gasteiger partial charge on any atom is -0.246 e. The maximum absolute atomic E-state index is 4.82. The molecule has 0 spiro atoms. The third-order valence-electron chi connectivity index (χ3n) is 3.56. The first-order valence-corrected chi connectivity index (χ1v) is 8.98. The Balaban J connectivity index is 2.19. The van der Waals surface area contributed by atoms with E-state index in [0.29, 0.717) is 5.92 Å². The molecule has 1 heterocycles. The maximum atomic E-state index is 4.82. The molecule has 1 unspecified atom stereocenters. The van der Waals surface area contributed by atoms with E-state index in [2.05, 4.69) is 73.3 Å². The van der Waals surface area contributed by atoms with Crippen molar-refractivity contribution in [1.82, 2.24) is 4.98 Å². The molecule has 0 fully saturated rings. The van der Waals surface area contributed by atoms with Crippen molar-refractivity contribution in [3.05, 3.63) is 51.5 Å². The predicted octanol–water partition coefficient (Wildman–Crippen LogP) is 5.47. The highest BCUT2D eigenvalue weighted by Gasteiger charge is 2.20. The minimum atomic E-state index is 0.140. The summed E-state index contributed by atoms with van der Waals surface area (Å²) in [4.78, 5) is 4.82. The van der Waals surface area contributed by atoms with Crippen LogP contribution in [0.2, 0.25) is 0 Å². The second-order valence-electron chi connectivity index (χ2n) is 6.29. The molecule has 0 amide bonds. The van der Waals surface area contributed by atoms with E-state index in [1.165, 1.54) is 21.8 Å². The first-order valence-electron chi connectivity index (χ1n) is 6.98. The molecule has 2 aromatic rings. The second-order valence-corrected chi connectivity index (χ2v) is 7.88. The summed E-state index contributed by atoms with van der Waals surface area (Å²) in [6.07, 6.45) is 1.01. The Morgan fingerprint density at radius 2 is 1.95 bits per heavy atom. The van der Waals surface area contributed by atoms with E-state index in [4.69, 9.17) is 4.98 Å². The highest BCUT2D eigenvalue weighted by Crippen LogP contribution is 2.29. The van der Waals surface area contributed by atoms with Crippen LogP contribution in [0.1, 0.15) is 48.5 Å². The summed E-state index contributed by atoms with van der Waals surface area (Å²) in [6, 6.07) is 8.65. The van der Waals surface area contributed by atoms with E-state index in [-0.39, 0.29) is 5.41 Å². The highest BCUT2D eigenvalue weighted by atomic mass is 79.9. The van der Waals surface area contributed by atoms with Gasteiger partial charge < -0.3 is 0 Å². The molecular weight excluding hydrogens is 330 g/mol. The average Bonchev–Trinajstić information content (AvgIpc) is 2.85. The Labute approximate surface area is 134 Å². The van der Waals surface area contributed by atoms with Gasteiger partial charge in [-0.2, -0.15) is 0 Å². The van der Waals surface area contributed by atoms with Gasteiger partial charge in [-0.05, 0) is 18.1 Å². The van der Waals surface area contributed by atoms with Crippen LogP contribution in [-0.2, 0) is 11.8 Å². The van der Waals surface area contributed by atoms with Crippen molar-refractivity contribution in [2.24, 2.45) is 0 Å². The summed E-state index contributed by atoms with van der Waals surface area (Å²) < 4.78 is 0. The third kappa shape index (κ3) is 3.70. The van der Waals surface area contributed by atoms with Crippen LogP contribution in [0.3, 0.4) is 0 Å². The van der Waals surface area contributed by atoms with Crippen molar-refractivity contribution in [2.45, 2.75) is 45.4 Å². The van der Waals surface area contributed by atoms with Crippen molar-refractivity contribution < 1.29 is 0 Å². The van der Waals surface area contributed by atoms with Gasteiger partial charge in [-0.15, -0.1) is 11.3 Å². The van der Waals surface area contributed by atoms with E-state index in [0.717, 1.165) is 11.8 Å². The molecule has 0 aliphatic rings. The van der Waals surface area contributed by atoms with Gasteiger partial charge in [0.1, 0.15) is 0 Å². The van der Waals surface area contributed by atoms with Gasteiger partial charge in [0.2, 0.25) is 0 Å². The molecular formula is C17H22BrNS. The van der Waals surface area contributed by atoms with E-state index in [9.17, 15) is 0 Å². The van der Waals surface area contributed by atoms with E-state index < -0.39 is 0 Å². The molecule has 1 aromatic heterocycles. The second kappa shape index (κ2) is 6.40. The summed E-state index contributed by atoms with van der Waals surface area (Å²) >= 11 is 5.46. The van der Waals surface area contributed by atoms with Crippen molar-refractivity contribution in [3.63, 3.8) is 0 Å². The number of benzene rings is 1. The number of rotatable bonds is 4. The van der Waals surface area contributed by atoms with Crippen molar-refractivity contribution >= 4 is 27.3 Å². The molecule has 3 heteroatoms. The zero-order chi connectivity index (χ0) is 14.8. The molecule has 108 valence electrons. The zero-order valence-corrected chi connectivity index (χ0v) is 15.0. The summed E-state index contributed by atoms with van der Waals surface area (Å²) in [6.45, 7) is 8.84. The smallest absolute Gasteiger partial charge is 0.0934 e. The van der Waals surface area contributed by atoms with Crippen molar-refractivity contribution in [2.75, 3.05) is 5.33 Å². The van der Waals surface area contributed by atoms with E-state index in [1.54, 1.807) is 11.3 Å². The van der Waals surface area contributed by atoms with Gasteiger partial charge in [-0.3, -0.25) is 0 Å². The first-order chi connectivity index (χ1) is 9.41. The fourth-order valence-electron chi connectivity index (χ4n) is 2.25. The minimum absolute atomic E-state index is 0.140. The normalized spacial score (nSPS) is 13.4. The molecule has 0 aliphatic carbocycles. The van der Waals surface area contributed by atoms with Gasteiger partial charge in [-0.25, -0.2) is 4.98 Å². The first kappa shape index (κ1) is 15.7. The lowest BCUT2D eigenvalue weighted by Gasteiger charge is -2.16. The Hall–Kier alpha value is -0.670. The van der Waals surface area contributed by atoms with Crippen molar-refractivity contribution in [1.29, 1.82) is 0 Å². The number of hydrogen-bond donors (Lipinski definition) is 0. The largest absolute Gasteiger partial charge is 0.246 e. The van der Waals surface area contributed by atoms with Crippen LogP contribution < -0.4 is 0 Å². The predicted molar refractivity (Wildman–Crippen MR) is 92.2 cm³/mol. The summed E-state index contributed by atoms with van der Waals surface area (Å²) in [7, 11) is 0. The van der Waals surface area contributed by atoms with Crippen LogP contribution in [0.4, 0.5) is 0 Å². The number of aryl methyl sites for hydroxylation is 1. The lowest BCUT2D eigenvalue weighted by Crippen LogP contribution is -2.12. The fraction of sp³-hybridized carbons (Fsp3) is 0.471. The summed E-state index contributed by atoms with van der Waals surface area (Å²) in [5.41, 5.74) is 4.14. The third-order valence-corrected chi connectivity index (χ3v) is 5.21. The Morgan fingerprint density at radius 3 is 2.50 bits per heavy atom. The van der Waals surface area contributed by atoms with Crippen LogP contribution >= 0.6 is 27.3 Å². The maximum Gasteiger partial charge on any atom is 0.0934 e. The number of hydrogen-bond acceptors (Lipinski definition) is 2. The van der Waals surface area contributed by atoms with Crippen LogP contribution in [0.5, 0.6) is 0 Å². The average molecular weight is 352 g/mol. The van der Waals surface area contributed by atoms with Crippen LogP contribution in [0.25, 0.3) is 0 Å². The molecule has 1 atom stereocenters. The topological polar surface area (TPSA) is 12.9 Å². The van der Waals surface area contributed by atoms with Gasteiger partial charge in [-0.1, -0.05) is 61.0 Å². The molecule has 0 N–H and O–H groups in total. The van der Waals surface area contributed by atoms with Crippen LogP contribution in [0, 0.1) is 6.92 Å². The number of nitrogens with zero attached hydrogens (tertiary/aromatic N) is 1. The number of aromatic nitrogens is 1. The summed E-state index contributed by atoms with van der Waals surface area (Å²) in [5.74, 6) is 0.496. The van der Waals surface area contributed by atoms with E-state index >= 15 is 0 Å². The molecule has 0 saturated carbocycles. The lowest BCUT2D eigenvalue weighted by atomic mass is 9.92. The number of halogens is 1.